The Morgan fingerprint density at radius 2 is 1.08 bits per heavy atom. The lowest BCUT2D eigenvalue weighted by Gasteiger charge is -2.25. The van der Waals surface area contributed by atoms with Crippen LogP contribution in [0, 0.1) is 0 Å². The van der Waals surface area contributed by atoms with Crippen molar-refractivity contribution in [2.75, 3.05) is 13.1 Å². The first-order chi connectivity index (χ1) is 11.1. The summed E-state index contributed by atoms with van der Waals surface area (Å²) in [5.41, 5.74) is 0. The third kappa shape index (κ3) is 4.05. The molecule has 2 rings (SSSR count). The molecule has 0 aromatic rings. The van der Waals surface area contributed by atoms with Gasteiger partial charge in [0, 0.05) is 13.1 Å². The zero-order valence-electron chi connectivity index (χ0n) is 15.2. The van der Waals surface area contributed by atoms with Gasteiger partial charge >= 0.3 is 0 Å². The van der Waals surface area contributed by atoms with Crippen molar-refractivity contribution < 1.29 is 28.5 Å². The van der Waals surface area contributed by atoms with Gasteiger partial charge in [0.2, 0.25) is 0 Å². The van der Waals surface area contributed by atoms with Crippen LogP contribution in [0.4, 0.5) is 0 Å². The molecule has 0 aromatic carbocycles. The van der Waals surface area contributed by atoms with Crippen molar-refractivity contribution >= 4 is 11.8 Å². The van der Waals surface area contributed by atoms with Gasteiger partial charge in [-0.1, -0.05) is 0 Å². The van der Waals surface area contributed by atoms with Gasteiger partial charge in [-0.05, 0) is 41.5 Å². The van der Waals surface area contributed by atoms with E-state index in [-0.39, 0.29) is 11.8 Å². The number of rotatable bonds is 5. The average Bonchev–Trinajstić information content (AvgIpc) is 2.95. The van der Waals surface area contributed by atoms with Crippen molar-refractivity contribution in [1.82, 2.24) is 10.6 Å². The molecule has 8 nitrogen and oxygen atoms in total. The van der Waals surface area contributed by atoms with Crippen molar-refractivity contribution in [3.05, 3.63) is 0 Å². The zero-order valence-corrected chi connectivity index (χ0v) is 15.2. The van der Waals surface area contributed by atoms with Crippen LogP contribution in [0.1, 0.15) is 41.5 Å². The maximum absolute atomic E-state index is 12.4. The monoisotopic (exact) mass is 344 g/mol. The molecule has 0 unspecified atom stereocenters. The highest BCUT2D eigenvalue weighted by Crippen LogP contribution is 2.38. The second-order valence-electron chi connectivity index (χ2n) is 6.83. The van der Waals surface area contributed by atoms with Crippen LogP contribution in [0.3, 0.4) is 0 Å². The van der Waals surface area contributed by atoms with Gasteiger partial charge < -0.3 is 29.6 Å². The normalized spacial score (nSPS) is 34.1. The molecule has 0 aliphatic carbocycles. The van der Waals surface area contributed by atoms with Gasteiger partial charge in [0.05, 0.1) is 0 Å². The minimum Gasteiger partial charge on any atom is -0.354 e. The Morgan fingerprint density at radius 3 is 1.38 bits per heavy atom. The Hall–Kier alpha value is -1.22. The largest absolute Gasteiger partial charge is 0.354 e. The molecule has 8 heteroatoms. The Kier molecular flexibility index (Phi) is 5.54. The summed E-state index contributed by atoms with van der Waals surface area (Å²) < 4.78 is 23.3. The molecule has 2 heterocycles. The minimum absolute atomic E-state index is 0.295. The quantitative estimate of drug-likeness (QED) is 0.745. The predicted molar refractivity (Wildman–Crippen MR) is 85.0 cm³/mol. The molecule has 2 amide bonds. The van der Waals surface area contributed by atoms with Crippen LogP contribution in [0.25, 0.3) is 0 Å². The number of nitrogens with one attached hydrogen (secondary N) is 2. The summed E-state index contributed by atoms with van der Waals surface area (Å²) in [7, 11) is 0. The van der Waals surface area contributed by atoms with E-state index in [4.69, 9.17) is 18.9 Å². The number of hydrogen-bond acceptors (Lipinski definition) is 6. The molecule has 2 saturated heterocycles. The summed E-state index contributed by atoms with van der Waals surface area (Å²) in [5, 5.41) is 5.46. The van der Waals surface area contributed by atoms with Crippen LogP contribution < -0.4 is 10.6 Å². The fraction of sp³-hybridized carbons (Fsp3) is 0.875. The van der Waals surface area contributed by atoms with E-state index in [1.807, 2.05) is 13.8 Å². The van der Waals surface area contributed by atoms with Crippen molar-refractivity contribution in [2.45, 2.75) is 77.5 Å². The second kappa shape index (κ2) is 6.95. The number of hydrogen-bond donors (Lipinski definition) is 2. The number of carbonyl (C=O) groups excluding carboxylic acids is 2. The van der Waals surface area contributed by atoms with Crippen LogP contribution in [-0.2, 0) is 28.5 Å². The van der Waals surface area contributed by atoms with E-state index in [0.29, 0.717) is 13.1 Å². The van der Waals surface area contributed by atoms with E-state index in [0.717, 1.165) is 0 Å². The van der Waals surface area contributed by atoms with Gasteiger partial charge in [0.1, 0.15) is 12.2 Å². The molecule has 2 fully saturated rings. The summed E-state index contributed by atoms with van der Waals surface area (Å²) in [4.78, 5) is 24.7. The lowest BCUT2D eigenvalue weighted by atomic mass is 10.0. The molecular formula is C16H28N2O6. The van der Waals surface area contributed by atoms with Crippen LogP contribution >= 0.6 is 0 Å². The van der Waals surface area contributed by atoms with Gasteiger partial charge in [0.25, 0.3) is 11.8 Å². The van der Waals surface area contributed by atoms with E-state index in [1.54, 1.807) is 27.7 Å². The topological polar surface area (TPSA) is 95.1 Å². The van der Waals surface area contributed by atoms with Gasteiger partial charge in [-0.2, -0.15) is 0 Å². The maximum atomic E-state index is 12.4. The van der Waals surface area contributed by atoms with E-state index in [1.165, 1.54) is 0 Å². The lowest BCUT2D eigenvalue weighted by molar-refractivity contribution is -0.175. The average molecular weight is 344 g/mol. The molecule has 24 heavy (non-hydrogen) atoms. The molecule has 0 radical (unpaired) electrons. The molecule has 2 N–H and O–H groups in total. The number of likely N-dealkylation sites (N-methyl/N-ethyl adjacent to an activating group) is 2. The first kappa shape index (κ1) is 19.1. The Bertz CT molecular complexity index is 449. The fourth-order valence-electron chi connectivity index (χ4n) is 3.01. The van der Waals surface area contributed by atoms with Gasteiger partial charge in [0.15, 0.2) is 23.8 Å². The van der Waals surface area contributed by atoms with E-state index < -0.39 is 36.0 Å². The Labute approximate surface area is 142 Å². The number of carbonyl (C=O) groups is 2. The Morgan fingerprint density at radius 1 is 0.750 bits per heavy atom. The van der Waals surface area contributed by atoms with Crippen molar-refractivity contribution in [3.63, 3.8) is 0 Å². The van der Waals surface area contributed by atoms with Crippen molar-refractivity contribution in [3.8, 4) is 0 Å². The first-order valence-electron chi connectivity index (χ1n) is 8.37. The summed E-state index contributed by atoms with van der Waals surface area (Å²) in [6.45, 7) is 11.5. The number of amides is 2. The smallest absolute Gasteiger partial charge is 0.252 e. The standard InChI is InChI=1S/C16H28N2O6/c1-7-17-13(19)11-9(21-15(3,4)23-11)10-12(14(20)18-8-2)24-16(5,6)22-10/h9-12H,7-8H2,1-6H3,(H,17,19)(H,18,20)/t9-,10+,11+,12-. The lowest BCUT2D eigenvalue weighted by Crippen LogP contribution is -2.52. The highest BCUT2D eigenvalue weighted by atomic mass is 16.8. The van der Waals surface area contributed by atoms with Crippen LogP contribution in [0.2, 0.25) is 0 Å². The highest BCUT2D eigenvalue weighted by Gasteiger charge is 2.57. The summed E-state index contributed by atoms with van der Waals surface area (Å²) in [6.07, 6.45) is -3.25. The molecule has 0 aromatic heterocycles. The molecule has 4 atom stereocenters. The van der Waals surface area contributed by atoms with Gasteiger partial charge in [-0.3, -0.25) is 9.59 Å². The van der Waals surface area contributed by atoms with E-state index >= 15 is 0 Å². The molecule has 138 valence electrons. The fourth-order valence-corrected chi connectivity index (χ4v) is 3.01. The first-order valence-corrected chi connectivity index (χ1v) is 8.37. The third-order valence-corrected chi connectivity index (χ3v) is 3.80. The molecule has 0 bridgehead atoms. The van der Waals surface area contributed by atoms with Crippen LogP contribution in [0.5, 0.6) is 0 Å². The molecular weight excluding hydrogens is 316 g/mol. The van der Waals surface area contributed by atoms with E-state index in [2.05, 4.69) is 10.6 Å². The van der Waals surface area contributed by atoms with Crippen LogP contribution in [-0.4, -0.2) is 60.9 Å². The van der Waals surface area contributed by atoms with Crippen molar-refractivity contribution in [2.24, 2.45) is 0 Å². The second-order valence-corrected chi connectivity index (χ2v) is 6.83. The van der Waals surface area contributed by atoms with Gasteiger partial charge in [-0.15, -0.1) is 0 Å². The molecule has 0 spiro atoms. The van der Waals surface area contributed by atoms with Crippen LogP contribution in [0.15, 0.2) is 0 Å². The third-order valence-electron chi connectivity index (χ3n) is 3.80. The summed E-state index contributed by atoms with van der Waals surface area (Å²) in [5.74, 6) is -2.50. The molecule has 2 aliphatic heterocycles. The SMILES string of the molecule is CCNC(=O)[C@H]1OC(C)(C)O[C@@H]1[C@@H]1OC(C)(C)O[C@H]1C(=O)NCC. The predicted octanol–water partition coefficient (Wildman–Crippen LogP) is 0.299. The zero-order chi connectivity index (χ0) is 18.1. The minimum atomic E-state index is -0.956. The molecule has 2 aliphatic rings. The highest BCUT2D eigenvalue weighted by molar-refractivity contribution is 5.84. The molecule has 0 saturated carbocycles. The summed E-state index contributed by atoms with van der Waals surface area (Å²) in [6, 6.07) is 0. The maximum Gasteiger partial charge on any atom is 0.252 e. The Balaban J connectivity index is 2.26. The number of ether oxygens (including phenoxy) is 4. The van der Waals surface area contributed by atoms with Crippen molar-refractivity contribution in [1.29, 1.82) is 0 Å². The summed E-state index contributed by atoms with van der Waals surface area (Å²) >= 11 is 0. The van der Waals surface area contributed by atoms with E-state index in [9.17, 15) is 9.59 Å². The van der Waals surface area contributed by atoms with Gasteiger partial charge in [-0.25, -0.2) is 0 Å².